The molecule has 0 radical (unpaired) electrons. The lowest BCUT2D eigenvalue weighted by molar-refractivity contribution is 0.0936. The molecule has 104 valence electrons. The van der Waals surface area contributed by atoms with Gasteiger partial charge in [0.2, 0.25) is 0 Å². The molecule has 1 aromatic heterocycles. The monoisotopic (exact) mass is 268 g/mol. The first kappa shape index (κ1) is 13.1. The van der Waals surface area contributed by atoms with Gasteiger partial charge in [0.25, 0.3) is 0 Å². The van der Waals surface area contributed by atoms with Crippen molar-refractivity contribution in [3.63, 3.8) is 0 Å². The van der Waals surface area contributed by atoms with Gasteiger partial charge in [0.1, 0.15) is 0 Å². The van der Waals surface area contributed by atoms with Crippen molar-refractivity contribution in [2.75, 3.05) is 19.6 Å². The number of Topliss-reactive ketones (excluding diaryl/α,β-unsaturated/α-hetero) is 1. The number of carbonyl (C=O) groups is 1. The highest BCUT2D eigenvalue weighted by Crippen LogP contribution is 2.26. The SMILES string of the molecule is Cn1cccc1C(=O)CN1CCC(c2ccccc2)C1. The fourth-order valence-electron chi connectivity index (χ4n) is 3.01. The Kier molecular flexibility index (Phi) is 3.70. The van der Waals surface area contributed by atoms with Crippen LogP contribution < -0.4 is 0 Å². The molecule has 1 atom stereocenters. The largest absolute Gasteiger partial charge is 0.348 e. The van der Waals surface area contributed by atoms with Gasteiger partial charge in [-0.05, 0) is 36.6 Å². The predicted molar refractivity (Wildman–Crippen MR) is 80.0 cm³/mol. The third kappa shape index (κ3) is 2.68. The first-order valence-corrected chi connectivity index (χ1v) is 7.16. The molecule has 0 saturated carbocycles. The maximum Gasteiger partial charge on any atom is 0.193 e. The van der Waals surface area contributed by atoms with E-state index in [1.807, 2.05) is 29.9 Å². The van der Waals surface area contributed by atoms with Gasteiger partial charge < -0.3 is 4.57 Å². The van der Waals surface area contributed by atoms with Gasteiger partial charge in [-0.15, -0.1) is 0 Å². The van der Waals surface area contributed by atoms with Crippen LogP contribution in [0.3, 0.4) is 0 Å². The van der Waals surface area contributed by atoms with Crippen LogP contribution >= 0.6 is 0 Å². The number of aromatic nitrogens is 1. The normalized spacial score (nSPS) is 19.4. The summed E-state index contributed by atoms with van der Waals surface area (Å²) < 4.78 is 1.90. The van der Waals surface area contributed by atoms with E-state index in [1.165, 1.54) is 5.56 Å². The van der Waals surface area contributed by atoms with E-state index in [2.05, 4.69) is 35.2 Å². The number of benzene rings is 1. The van der Waals surface area contributed by atoms with Crippen LogP contribution in [0.1, 0.15) is 28.4 Å². The fourth-order valence-corrected chi connectivity index (χ4v) is 3.01. The summed E-state index contributed by atoms with van der Waals surface area (Å²) in [6.45, 7) is 2.52. The predicted octanol–water partition coefficient (Wildman–Crippen LogP) is 2.70. The average Bonchev–Trinajstić information content (AvgIpc) is 3.09. The molecule has 1 aliphatic rings. The standard InChI is InChI=1S/C17H20N2O/c1-18-10-5-8-16(18)17(20)13-19-11-9-15(12-19)14-6-3-2-4-7-14/h2-8,10,15H,9,11-13H2,1H3. The van der Waals surface area contributed by atoms with Gasteiger partial charge in [-0.25, -0.2) is 0 Å². The van der Waals surface area contributed by atoms with Crippen LogP contribution in [-0.4, -0.2) is 34.9 Å². The van der Waals surface area contributed by atoms with Gasteiger partial charge in [-0.3, -0.25) is 9.69 Å². The number of hydrogen-bond donors (Lipinski definition) is 0. The summed E-state index contributed by atoms with van der Waals surface area (Å²) in [5.74, 6) is 0.781. The number of likely N-dealkylation sites (tertiary alicyclic amines) is 1. The topological polar surface area (TPSA) is 25.2 Å². The lowest BCUT2D eigenvalue weighted by Gasteiger charge is -2.15. The number of aryl methyl sites for hydroxylation is 1. The molecule has 0 N–H and O–H groups in total. The molecular formula is C17H20N2O. The lowest BCUT2D eigenvalue weighted by Crippen LogP contribution is -2.28. The summed E-state index contributed by atoms with van der Waals surface area (Å²) in [4.78, 5) is 14.5. The molecule has 3 nitrogen and oxygen atoms in total. The van der Waals surface area contributed by atoms with Crippen LogP contribution in [0.4, 0.5) is 0 Å². The van der Waals surface area contributed by atoms with E-state index in [0.717, 1.165) is 25.2 Å². The maximum atomic E-state index is 12.3. The van der Waals surface area contributed by atoms with Crippen molar-refractivity contribution in [1.82, 2.24) is 9.47 Å². The molecule has 1 fully saturated rings. The zero-order chi connectivity index (χ0) is 13.9. The van der Waals surface area contributed by atoms with Crippen molar-refractivity contribution in [3.05, 3.63) is 59.9 Å². The Bertz CT molecular complexity index is 588. The zero-order valence-corrected chi connectivity index (χ0v) is 11.8. The van der Waals surface area contributed by atoms with Crippen LogP contribution in [0.15, 0.2) is 48.7 Å². The Labute approximate surface area is 119 Å². The second kappa shape index (κ2) is 5.63. The highest BCUT2D eigenvalue weighted by Gasteiger charge is 2.25. The minimum Gasteiger partial charge on any atom is -0.348 e. The van der Waals surface area contributed by atoms with Crippen LogP contribution in [0.2, 0.25) is 0 Å². The quantitative estimate of drug-likeness (QED) is 0.797. The van der Waals surface area contributed by atoms with E-state index in [4.69, 9.17) is 0 Å². The minimum atomic E-state index is 0.214. The van der Waals surface area contributed by atoms with E-state index in [9.17, 15) is 4.79 Å². The molecule has 2 aromatic rings. The molecule has 2 heterocycles. The molecule has 20 heavy (non-hydrogen) atoms. The number of nitrogens with zero attached hydrogens (tertiary/aromatic N) is 2. The second-order valence-corrected chi connectivity index (χ2v) is 5.56. The van der Waals surface area contributed by atoms with E-state index in [0.29, 0.717) is 12.5 Å². The summed E-state index contributed by atoms with van der Waals surface area (Å²) in [7, 11) is 1.92. The smallest absolute Gasteiger partial charge is 0.193 e. The number of ketones is 1. The van der Waals surface area contributed by atoms with Crippen molar-refractivity contribution in [2.45, 2.75) is 12.3 Å². The molecule has 0 amide bonds. The van der Waals surface area contributed by atoms with Gasteiger partial charge >= 0.3 is 0 Å². The van der Waals surface area contributed by atoms with E-state index in [1.54, 1.807) is 0 Å². The minimum absolute atomic E-state index is 0.214. The third-order valence-corrected chi connectivity index (χ3v) is 4.14. The van der Waals surface area contributed by atoms with Gasteiger partial charge in [0, 0.05) is 19.8 Å². The Morgan fingerprint density at radius 2 is 2.00 bits per heavy atom. The fraction of sp³-hybridized carbons (Fsp3) is 0.353. The molecule has 1 aromatic carbocycles. The van der Waals surface area contributed by atoms with Crippen LogP contribution in [0.5, 0.6) is 0 Å². The van der Waals surface area contributed by atoms with Crippen LogP contribution in [-0.2, 0) is 7.05 Å². The number of hydrogen-bond acceptors (Lipinski definition) is 2. The Hall–Kier alpha value is -1.87. The Morgan fingerprint density at radius 1 is 1.20 bits per heavy atom. The first-order valence-electron chi connectivity index (χ1n) is 7.16. The lowest BCUT2D eigenvalue weighted by atomic mass is 9.99. The Balaban J connectivity index is 1.61. The summed E-state index contributed by atoms with van der Waals surface area (Å²) >= 11 is 0. The number of carbonyl (C=O) groups excluding carboxylic acids is 1. The van der Waals surface area contributed by atoms with Crippen molar-refractivity contribution in [1.29, 1.82) is 0 Å². The average molecular weight is 268 g/mol. The molecule has 0 spiro atoms. The van der Waals surface area contributed by atoms with E-state index in [-0.39, 0.29) is 5.78 Å². The maximum absolute atomic E-state index is 12.3. The highest BCUT2D eigenvalue weighted by atomic mass is 16.1. The van der Waals surface area contributed by atoms with Crippen molar-refractivity contribution < 1.29 is 4.79 Å². The Morgan fingerprint density at radius 3 is 2.70 bits per heavy atom. The summed E-state index contributed by atoms with van der Waals surface area (Å²) in [5.41, 5.74) is 2.19. The summed E-state index contributed by atoms with van der Waals surface area (Å²) in [6.07, 6.45) is 3.06. The molecule has 3 heteroatoms. The molecule has 1 aliphatic heterocycles. The first-order chi connectivity index (χ1) is 9.74. The second-order valence-electron chi connectivity index (χ2n) is 5.56. The third-order valence-electron chi connectivity index (χ3n) is 4.14. The molecule has 0 bridgehead atoms. The zero-order valence-electron chi connectivity index (χ0n) is 11.8. The van der Waals surface area contributed by atoms with Crippen LogP contribution in [0.25, 0.3) is 0 Å². The van der Waals surface area contributed by atoms with Gasteiger partial charge in [-0.2, -0.15) is 0 Å². The van der Waals surface area contributed by atoms with Crippen molar-refractivity contribution in [3.8, 4) is 0 Å². The molecule has 3 rings (SSSR count). The van der Waals surface area contributed by atoms with Gasteiger partial charge in [-0.1, -0.05) is 30.3 Å². The molecular weight excluding hydrogens is 248 g/mol. The molecule has 1 saturated heterocycles. The molecule has 0 aliphatic carbocycles. The highest BCUT2D eigenvalue weighted by molar-refractivity contribution is 5.96. The van der Waals surface area contributed by atoms with Crippen LogP contribution in [0, 0.1) is 0 Å². The van der Waals surface area contributed by atoms with E-state index < -0.39 is 0 Å². The van der Waals surface area contributed by atoms with Crippen molar-refractivity contribution in [2.24, 2.45) is 7.05 Å². The van der Waals surface area contributed by atoms with Crippen molar-refractivity contribution >= 4 is 5.78 Å². The molecule has 1 unspecified atom stereocenters. The summed E-state index contributed by atoms with van der Waals surface area (Å²) in [5, 5.41) is 0. The van der Waals surface area contributed by atoms with E-state index >= 15 is 0 Å². The van der Waals surface area contributed by atoms with Gasteiger partial charge in [0.15, 0.2) is 5.78 Å². The number of rotatable bonds is 4. The van der Waals surface area contributed by atoms with Gasteiger partial charge in [0.05, 0.1) is 12.2 Å². The summed E-state index contributed by atoms with van der Waals surface area (Å²) in [6, 6.07) is 14.4.